The molecule has 1 heterocycles. The van der Waals surface area contributed by atoms with Gasteiger partial charge in [0.05, 0.1) is 11.5 Å². The minimum Gasteiger partial charge on any atom is -0.349 e. The molecule has 21 heavy (non-hydrogen) atoms. The number of nitrogens with zero attached hydrogens (tertiary/aromatic N) is 1. The summed E-state index contributed by atoms with van der Waals surface area (Å²) in [6.45, 7) is 1.99. The fourth-order valence-corrected chi connectivity index (χ4v) is 2.86. The van der Waals surface area contributed by atoms with Crippen molar-refractivity contribution in [3.05, 3.63) is 64.4 Å². The highest BCUT2D eigenvalue weighted by molar-refractivity contribution is 9.10. The summed E-state index contributed by atoms with van der Waals surface area (Å²) in [4.78, 5) is 16.8. The van der Waals surface area contributed by atoms with Crippen LogP contribution in [0.25, 0.3) is 0 Å². The molecule has 1 aliphatic rings. The first-order chi connectivity index (χ1) is 10.1. The number of hydrogen-bond donors (Lipinski definition) is 1. The lowest BCUT2D eigenvalue weighted by molar-refractivity contribution is -0.124. The second kappa shape index (κ2) is 5.60. The molecule has 1 saturated carbocycles. The smallest absolute Gasteiger partial charge is 0.231 e. The van der Waals surface area contributed by atoms with Crippen LogP contribution in [0, 0.1) is 0 Å². The third-order valence-electron chi connectivity index (χ3n) is 4.11. The van der Waals surface area contributed by atoms with Gasteiger partial charge in [-0.2, -0.15) is 0 Å². The second-order valence-corrected chi connectivity index (χ2v) is 6.49. The number of carbonyl (C=O) groups excluding carboxylic acids is 1. The van der Waals surface area contributed by atoms with E-state index in [9.17, 15) is 4.79 Å². The zero-order chi connectivity index (χ0) is 14.9. The van der Waals surface area contributed by atoms with Crippen LogP contribution in [0.3, 0.4) is 0 Å². The molecule has 1 aromatic carbocycles. The predicted molar refractivity (Wildman–Crippen MR) is 85.8 cm³/mol. The van der Waals surface area contributed by atoms with Gasteiger partial charge in [-0.15, -0.1) is 0 Å². The number of halogens is 1. The van der Waals surface area contributed by atoms with Crippen molar-refractivity contribution in [2.75, 3.05) is 0 Å². The summed E-state index contributed by atoms with van der Waals surface area (Å²) in [5.74, 6) is 0.112. The van der Waals surface area contributed by atoms with Gasteiger partial charge < -0.3 is 5.32 Å². The van der Waals surface area contributed by atoms with E-state index in [1.165, 1.54) is 0 Å². The summed E-state index contributed by atoms with van der Waals surface area (Å²) in [6.07, 6.45) is 5.37. The molecule has 1 amide bonds. The van der Waals surface area contributed by atoms with Gasteiger partial charge in [0.2, 0.25) is 5.91 Å². The van der Waals surface area contributed by atoms with Crippen molar-refractivity contribution in [1.82, 2.24) is 10.3 Å². The summed E-state index contributed by atoms with van der Waals surface area (Å²) in [7, 11) is 0. The number of benzene rings is 1. The molecule has 1 atom stereocenters. The Morgan fingerprint density at radius 2 is 2.00 bits per heavy atom. The van der Waals surface area contributed by atoms with E-state index >= 15 is 0 Å². The van der Waals surface area contributed by atoms with Gasteiger partial charge in [-0.3, -0.25) is 9.78 Å². The summed E-state index contributed by atoms with van der Waals surface area (Å²) in [5, 5.41) is 3.12. The predicted octanol–water partition coefficient (Wildman–Crippen LogP) is 3.75. The van der Waals surface area contributed by atoms with Gasteiger partial charge in [0, 0.05) is 16.9 Å². The standard InChI is InChI=1S/C17H17BrN2O/c1-12(13-3-2-10-19-11-13)20-16(21)17(8-9-17)14-4-6-15(18)7-5-14/h2-7,10-12H,8-9H2,1H3,(H,20,21)/t12-/m0/s1. The highest BCUT2D eigenvalue weighted by Crippen LogP contribution is 2.48. The molecule has 0 spiro atoms. The second-order valence-electron chi connectivity index (χ2n) is 5.57. The molecule has 0 aliphatic heterocycles. The lowest BCUT2D eigenvalue weighted by Crippen LogP contribution is -2.36. The molecule has 3 nitrogen and oxygen atoms in total. The van der Waals surface area contributed by atoms with Crippen LogP contribution in [0.2, 0.25) is 0 Å². The Kier molecular flexibility index (Phi) is 3.81. The van der Waals surface area contributed by atoms with Crippen molar-refractivity contribution in [2.24, 2.45) is 0 Å². The van der Waals surface area contributed by atoms with Gasteiger partial charge in [-0.25, -0.2) is 0 Å². The number of amides is 1. The zero-order valence-electron chi connectivity index (χ0n) is 11.8. The van der Waals surface area contributed by atoms with E-state index in [-0.39, 0.29) is 17.4 Å². The monoisotopic (exact) mass is 344 g/mol. The molecular formula is C17H17BrN2O. The molecule has 0 bridgehead atoms. The Hall–Kier alpha value is -1.68. The fraction of sp³-hybridized carbons (Fsp3) is 0.294. The quantitative estimate of drug-likeness (QED) is 0.917. The van der Waals surface area contributed by atoms with Gasteiger partial charge in [0.15, 0.2) is 0 Å². The van der Waals surface area contributed by atoms with Crippen molar-refractivity contribution in [3.63, 3.8) is 0 Å². The van der Waals surface area contributed by atoms with Crippen molar-refractivity contribution in [1.29, 1.82) is 0 Å². The first kappa shape index (κ1) is 14.3. The topological polar surface area (TPSA) is 42.0 Å². The van der Waals surface area contributed by atoms with Crippen LogP contribution >= 0.6 is 15.9 Å². The molecule has 0 saturated heterocycles. The number of hydrogen-bond acceptors (Lipinski definition) is 2. The average Bonchev–Trinajstić information content (AvgIpc) is 3.30. The Labute approximate surface area is 132 Å². The molecule has 1 N–H and O–H groups in total. The van der Waals surface area contributed by atoms with Crippen molar-refractivity contribution in [2.45, 2.75) is 31.2 Å². The Morgan fingerprint density at radius 1 is 1.29 bits per heavy atom. The molecule has 108 valence electrons. The summed E-state index contributed by atoms with van der Waals surface area (Å²) in [6, 6.07) is 11.9. The van der Waals surface area contributed by atoms with E-state index in [0.29, 0.717) is 0 Å². The lowest BCUT2D eigenvalue weighted by atomic mass is 9.94. The minimum atomic E-state index is -0.336. The highest BCUT2D eigenvalue weighted by atomic mass is 79.9. The van der Waals surface area contributed by atoms with Crippen molar-refractivity contribution >= 4 is 21.8 Å². The van der Waals surface area contributed by atoms with Gasteiger partial charge in [0.25, 0.3) is 0 Å². The third-order valence-corrected chi connectivity index (χ3v) is 4.64. The maximum Gasteiger partial charge on any atom is 0.231 e. The Bertz CT molecular complexity index is 636. The van der Waals surface area contributed by atoms with E-state index in [2.05, 4.69) is 26.2 Å². The fourth-order valence-electron chi connectivity index (χ4n) is 2.59. The van der Waals surface area contributed by atoms with Crippen LogP contribution in [0.4, 0.5) is 0 Å². The molecule has 1 aromatic heterocycles. The zero-order valence-corrected chi connectivity index (χ0v) is 13.4. The van der Waals surface area contributed by atoms with E-state index in [4.69, 9.17) is 0 Å². The SMILES string of the molecule is C[C@H](NC(=O)C1(c2ccc(Br)cc2)CC1)c1cccnc1. The summed E-state index contributed by atoms with van der Waals surface area (Å²) >= 11 is 3.43. The number of nitrogens with one attached hydrogen (secondary N) is 1. The van der Waals surface area contributed by atoms with Crippen molar-refractivity contribution < 1.29 is 4.79 Å². The average molecular weight is 345 g/mol. The Morgan fingerprint density at radius 3 is 2.57 bits per heavy atom. The van der Waals surface area contributed by atoms with Crippen LogP contribution in [0.15, 0.2) is 53.3 Å². The maximum atomic E-state index is 12.7. The molecule has 0 radical (unpaired) electrons. The van der Waals surface area contributed by atoms with Crippen molar-refractivity contribution in [3.8, 4) is 0 Å². The summed E-state index contributed by atoms with van der Waals surface area (Å²) in [5.41, 5.74) is 1.79. The molecule has 1 fully saturated rings. The summed E-state index contributed by atoms with van der Waals surface area (Å²) < 4.78 is 1.03. The van der Waals surface area contributed by atoms with E-state index in [0.717, 1.165) is 28.4 Å². The minimum absolute atomic E-state index is 0.0286. The number of pyridine rings is 1. The van der Waals surface area contributed by atoms with Crippen LogP contribution in [-0.4, -0.2) is 10.9 Å². The van der Waals surface area contributed by atoms with Gasteiger partial charge in [-0.05, 0) is 49.1 Å². The molecular weight excluding hydrogens is 328 g/mol. The van der Waals surface area contributed by atoms with E-state index < -0.39 is 0 Å². The molecule has 2 aromatic rings. The van der Waals surface area contributed by atoms with Crippen LogP contribution in [-0.2, 0) is 10.2 Å². The molecule has 0 unspecified atom stereocenters. The normalized spacial score (nSPS) is 17.0. The molecule has 3 rings (SSSR count). The van der Waals surface area contributed by atoms with Crippen LogP contribution in [0.5, 0.6) is 0 Å². The first-order valence-corrected chi connectivity index (χ1v) is 7.88. The van der Waals surface area contributed by atoms with Gasteiger partial charge >= 0.3 is 0 Å². The number of rotatable bonds is 4. The Balaban J connectivity index is 1.75. The number of aromatic nitrogens is 1. The maximum absolute atomic E-state index is 12.7. The van der Waals surface area contributed by atoms with E-state index in [1.807, 2.05) is 43.3 Å². The highest BCUT2D eigenvalue weighted by Gasteiger charge is 2.51. The molecule has 4 heteroatoms. The van der Waals surface area contributed by atoms with Gasteiger partial charge in [0.1, 0.15) is 0 Å². The molecule has 1 aliphatic carbocycles. The number of carbonyl (C=O) groups is 1. The lowest BCUT2D eigenvalue weighted by Gasteiger charge is -2.20. The van der Waals surface area contributed by atoms with E-state index in [1.54, 1.807) is 12.4 Å². The van der Waals surface area contributed by atoms with Gasteiger partial charge in [-0.1, -0.05) is 34.1 Å². The third kappa shape index (κ3) is 2.86. The van der Waals surface area contributed by atoms with Crippen LogP contribution in [0.1, 0.15) is 36.9 Å². The largest absolute Gasteiger partial charge is 0.349 e. The van der Waals surface area contributed by atoms with Crippen LogP contribution < -0.4 is 5.32 Å². The first-order valence-electron chi connectivity index (χ1n) is 7.09.